The van der Waals surface area contributed by atoms with E-state index >= 15 is 0 Å². The summed E-state index contributed by atoms with van der Waals surface area (Å²) in [6.45, 7) is 5.53. The molecule has 1 aromatic rings. The molecule has 4 heteroatoms. The van der Waals surface area contributed by atoms with Crippen molar-refractivity contribution in [2.75, 3.05) is 0 Å². The number of hydrogen-bond donors (Lipinski definition) is 0. The Kier molecular flexibility index (Phi) is 5.15. The molecule has 0 aliphatic rings. The van der Waals surface area contributed by atoms with Crippen molar-refractivity contribution in [3.05, 3.63) is 29.8 Å². The Hall–Kier alpha value is -0.870. The predicted molar refractivity (Wildman–Crippen MR) is 68.5 cm³/mol. The maximum absolute atomic E-state index is 11.8. The van der Waals surface area contributed by atoms with E-state index in [9.17, 15) is 8.42 Å². The Labute approximate surface area is 104 Å². The number of benzene rings is 1. The summed E-state index contributed by atoms with van der Waals surface area (Å²) in [6, 6.07) is 6.99. The molecule has 0 spiro atoms. The highest BCUT2D eigenvalue weighted by Gasteiger charge is 2.16. The summed E-state index contributed by atoms with van der Waals surface area (Å²) in [5.41, 5.74) is 1.04. The third-order valence-corrected chi connectivity index (χ3v) is 3.79. The summed E-state index contributed by atoms with van der Waals surface area (Å²) >= 11 is 0. The van der Waals surface area contributed by atoms with Crippen molar-refractivity contribution >= 4 is 10.1 Å². The molecule has 0 aliphatic heterocycles. The molecule has 96 valence electrons. The largest absolute Gasteiger partial charge is 0.297 e. The van der Waals surface area contributed by atoms with Gasteiger partial charge in [-0.05, 0) is 44.4 Å². The second-order valence-corrected chi connectivity index (χ2v) is 5.92. The smallest absolute Gasteiger partial charge is 0.264 e. The minimum atomic E-state index is -3.61. The van der Waals surface area contributed by atoms with E-state index in [0.29, 0.717) is 0 Å². The number of aryl methyl sites for hydroxylation is 1. The Morgan fingerprint density at radius 1 is 1.29 bits per heavy atom. The monoisotopic (exact) mass is 256 g/mol. The van der Waals surface area contributed by atoms with E-state index in [1.807, 2.05) is 6.07 Å². The average molecular weight is 256 g/mol. The lowest BCUT2D eigenvalue weighted by atomic mass is 10.1. The highest BCUT2D eigenvalue weighted by molar-refractivity contribution is 7.86. The van der Waals surface area contributed by atoms with Crippen LogP contribution in [0.5, 0.6) is 0 Å². The Morgan fingerprint density at radius 3 is 2.59 bits per heavy atom. The zero-order valence-corrected chi connectivity index (χ0v) is 11.5. The minimum Gasteiger partial charge on any atom is -0.264 e. The van der Waals surface area contributed by atoms with Crippen LogP contribution in [0, 0.1) is 0 Å². The molecule has 0 amide bonds. The molecule has 0 saturated heterocycles. The highest BCUT2D eigenvalue weighted by Crippen LogP contribution is 2.17. The van der Waals surface area contributed by atoms with Crippen LogP contribution in [0.25, 0.3) is 0 Å². The van der Waals surface area contributed by atoms with Crippen LogP contribution in [0.15, 0.2) is 29.2 Å². The summed E-state index contributed by atoms with van der Waals surface area (Å²) in [5.74, 6) is 0. The molecule has 0 unspecified atom stereocenters. The zero-order chi connectivity index (χ0) is 12.9. The first-order valence-corrected chi connectivity index (χ1v) is 7.38. The molecule has 17 heavy (non-hydrogen) atoms. The summed E-state index contributed by atoms with van der Waals surface area (Å²) in [6.07, 6.45) is 2.73. The maximum Gasteiger partial charge on any atom is 0.297 e. The molecule has 0 aliphatic carbocycles. The standard InChI is InChI=1S/C13H20O3S/c1-4-5-7-12-8-6-9-13(10-12)17(14,15)16-11(2)3/h6,8-11H,4-5,7H2,1-3H3. The van der Waals surface area contributed by atoms with E-state index in [1.165, 1.54) is 0 Å². The number of hydrogen-bond acceptors (Lipinski definition) is 3. The van der Waals surface area contributed by atoms with Gasteiger partial charge in [-0.15, -0.1) is 0 Å². The molecule has 1 aromatic carbocycles. The van der Waals surface area contributed by atoms with Gasteiger partial charge in [0.15, 0.2) is 0 Å². The van der Waals surface area contributed by atoms with Crippen LogP contribution < -0.4 is 0 Å². The van der Waals surface area contributed by atoms with Gasteiger partial charge < -0.3 is 0 Å². The summed E-state index contributed by atoms with van der Waals surface area (Å²) in [4.78, 5) is 0.250. The van der Waals surface area contributed by atoms with E-state index in [2.05, 4.69) is 6.92 Å². The van der Waals surface area contributed by atoms with Crippen molar-refractivity contribution in [2.45, 2.75) is 51.0 Å². The van der Waals surface area contributed by atoms with Crippen LogP contribution in [-0.4, -0.2) is 14.5 Å². The van der Waals surface area contributed by atoms with Crippen LogP contribution >= 0.6 is 0 Å². The molecule has 0 atom stereocenters. The van der Waals surface area contributed by atoms with Gasteiger partial charge in [-0.2, -0.15) is 8.42 Å². The van der Waals surface area contributed by atoms with Crippen LogP contribution in [0.4, 0.5) is 0 Å². The van der Waals surface area contributed by atoms with Crippen LogP contribution in [-0.2, 0) is 20.7 Å². The molecule has 0 heterocycles. The van der Waals surface area contributed by atoms with Crippen molar-refractivity contribution in [3.8, 4) is 0 Å². The highest BCUT2D eigenvalue weighted by atomic mass is 32.2. The van der Waals surface area contributed by atoms with Gasteiger partial charge in [-0.1, -0.05) is 25.5 Å². The van der Waals surface area contributed by atoms with Crippen LogP contribution in [0.3, 0.4) is 0 Å². The SMILES string of the molecule is CCCCc1cccc(S(=O)(=O)OC(C)C)c1. The van der Waals surface area contributed by atoms with Crippen molar-refractivity contribution in [1.29, 1.82) is 0 Å². The number of unbranched alkanes of at least 4 members (excludes halogenated alkanes) is 1. The summed E-state index contributed by atoms with van der Waals surface area (Å²) in [5, 5.41) is 0. The van der Waals surface area contributed by atoms with Crippen molar-refractivity contribution in [2.24, 2.45) is 0 Å². The average Bonchev–Trinajstić information content (AvgIpc) is 2.25. The first-order chi connectivity index (χ1) is 7.95. The second kappa shape index (κ2) is 6.17. The molecule has 0 radical (unpaired) electrons. The van der Waals surface area contributed by atoms with Crippen molar-refractivity contribution in [1.82, 2.24) is 0 Å². The Balaban J connectivity index is 2.91. The van der Waals surface area contributed by atoms with Crippen LogP contribution in [0.1, 0.15) is 39.2 Å². The third kappa shape index (κ3) is 4.48. The topological polar surface area (TPSA) is 43.4 Å². The third-order valence-electron chi connectivity index (χ3n) is 2.33. The van der Waals surface area contributed by atoms with Crippen LogP contribution in [0.2, 0.25) is 0 Å². The van der Waals surface area contributed by atoms with Gasteiger partial charge >= 0.3 is 0 Å². The van der Waals surface area contributed by atoms with E-state index in [0.717, 1.165) is 24.8 Å². The zero-order valence-electron chi connectivity index (χ0n) is 10.6. The molecule has 0 fully saturated rings. The fraction of sp³-hybridized carbons (Fsp3) is 0.538. The van der Waals surface area contributed by atoms with Crippen molar-refractivity contribution < 1.29 is 12.6 Å². The molecule has 0 N–H and O–H groups in total. The van der Waals surface area contributed by atoms with Gasteiger partial charge in [0, 0.05) is 0 Å². The van der Waals surface area contributed by atoms with E-state index < -0.39 is 10.1 Å². The van der Waals surface area contributed by atoms with Gasteiger partial charge in [0.25, 0.3) is 10.1 Å². The fourth-order valence-electron chi connectivity index (χ4n) is 1.55. The molecule has 0 saturated carbocycles. The lowest BCUT2D eigenvalue weighted by Crippen LogP contribution is -2.12. The predicted octanol–water partition coefficient (Wildman–Crippen LogP) is 3.14. The van der Waals surface area contributed by atoms with E-state index in [4.69, 9.17) is 4.18 Å². The molecular weight excluding hydrogens is 236 g/mol. The van der Waals surface area contributed by atoms with Gasteiger partial charge in [-0.25, -0.2) is 0 Å². The Bertz CT molecular complexity index is 449. The molecule has 1 rings (SSSR count). The molecule has 3 nitrogen and oxygen atoms in total. The first kappa shape index (κ1) is 14.2. The normalized spacial score (nSPS) is 12.0. The summed E-state index contributed by atoms with van der Waals surface area (Å²) in [7, 11) is -3.61. The molecule has 0 bridgehead atoms. The lowest BCUT2D eigenvalue weighted by molar-refractivity contribution is 0.249. The van der Waals surface area contributed by atoms with Gasteiger partial charge in [0.1, 0.15) is 0 Å². The van der Waals surface area contributed by atoms with Gasteiger partial charge in [-0.3, -0.25) is 4.18 Å². The van der Waals surface area contributed by atoms with Gasteiger partial charge in [0.05, 0.1) is 11.0 Å². The van der Waals surface area contributed by atoms with E-state index in [1.54, 1.807) is 32.0 Å². The second-order valence-electron chi connectivity index (χ2n) is 4.35. The lowest BCUT2D eigenvalue weighted by Gasteiger charge is -2.09. The minimum absolute atomic E-state index is 0.250. The summed E-state index contributed by atoms with van der Waals surface area (Å²) < 4.78 is 28.6. The molecular formula is C13H20O3S. The maximum atomic E-state index is 11.8. The van der Waals surface area contributed by atoms with Gasteiger partial charge in [0.2, 0.25) is 0 Å². The fourth-order valence-corrected chi connectivity index (χ4v) is 2.71. The Morgan fingerprint density at radius 2 is 2.00 bits per heavy atom. The first-order valence-electron chi connectivity index (χ1n) is 5.98. The van der Waals surface area contributed by atoms with E-state index in [-0.39, 0.29) is 11.0 Å². The van der Waals surface area contributed by atoms with Crippen molar-refractivity contribution in [3.63, 3.8) is 0 Å². The molecule has 0 aromatic heterocycles. The quantitative estimate of drug-likeness (QED) is 0.734. The number of rotatable bonds is 6.